The molecule has 0 spiro atoms. The summed E-state index contributed by atoms with van der Waals surface area (Å²) in [4.78, 5) is 20.4. The first kappa shape index (κ1) is 28.1. The number of aliphatic carboxylic acids is 2. The van der Waals surface area contributed by atoms with E-state index in [4.69, 9.17) is 15.3 Å². The maximum absolute atomic E-state index is 10.2. The van der Waals surface area contributed by atoms with Gasteiger partial charge in [-0.25, -0.2) is 4.79 Å². The lowest BCUT2D eigenvalue weighted by atomic mass is 10.1. The summed E-state index contributed by atoms with van der Waals surface area (Å²) in [6.07, 6.45) is 17.4. The molecule has 1 unspecified atom stereocenters. The summed E-state index contributed by atoms with van der Waals surface area (Å²) in [6.45, 7) is 4.39. The summed E-state index contributed by atoms with van der Waals surface area (Å²) < 4.78 is 0. The lowest BCUT2D eigenvalue weighted by Crippen LogP contribution is -2.18. The van der Waals surface area contributed by atoms with Crippen LogP contribution in [0.3, 0.4) is 0 Å². The fourth-order valence-corrected chi connectivity index (χ4v) is 2.83. The monoisotopic (exact) mass is 388 g/mol. The molecule has 0 fully saturated rings. The summed E-state index contributed by atoms with van der Waals surface area (Å²) in [7, 11) is 0. The van der Waals surface area contributed by atoms with Gasteiger partial charge in [-0.3, -0.25) is 4.79 Å². The minimum Gasteiger partial charge on any atom is -0.481 e. The Morgan fingerprint density at radius 2 is 1.00 bits per heavy atom. The Labute approximate surface area is 166 Å². The van der Waals surface area contributed by atoms with Crippen molar-refractivity contribution >= 4 is 11.9 Å². The zero-order chi connectivity index (χ0) is 20.8. The van der Waals surface area contributed by atoms with Crippen LogP contribution in [0.1, 0.15) is 123 Å². The van der Waals surface area contributed by atoms with E-state index in [-0.39, 0.29) is 0 Å². The molecule has 0 aromatic rings. The lowest BCUT2D eigenvalue weighted by Gasteiger charge is -2.04. The van der Waals surface area contributed by atoms with Crippen molar-refractivity contribution in [2.45, 2.75) is 129 Å². The van der Waals surface area contributed by atoms with Crippen molar-refractivity contribution < 1.29 is 24.9 Å². The van der Waals surface area contributed by atoms with Crippen molar-refractivity contribution in [2.24, 2.45) is 0 Å². The maximum Gasteiger partial charge on any atom is 0.332 e. The highest BCUT2D eigenvalue weighted by atomic mass is 16.4. The van der Waals surface area contributed by atoms with Gasteiger partial charge in [0, 0.05) is 6.42 Å². The smallest absolute Gasteiger partial charge is 0.332 e. The molecule has 162 valence electrons. The Kier molecular flexibility index (Phi) is 23.9. The van der Waals surface area contributed by atoms with E-state index in [1.165, 1.54) is 64.2 Å². The van der Waals surface area contributed by atoms with Crippen molar-refractivity contribution in [3.63, 3.8) is 0 Å². The largest absolute Gasteiger partial charge is 0.481 e. The molecule has 27 heavy (non-hydrogen) atoms. The second-order valence-electron chi connectivity index (χ2n) is 7.38. The number of carbonyl (C=O) groups is 2. The summed E-state index contributed by atoms with van der Waals surface area (Å²) in [5.41, 5.74) is 0. The molecular formula is C22H44O5. The Hall–Kier alpha value is -1.10. The highest BCUT2D eigenvalue weighted by molar-refractivity contribution is 5.71. The first-order valence-corrected chi connectivity index (χ1v) is 11.1. The third-order valence-electron chi connectivity index (χ3n) is 4.61. The van der Waals surface area contributed by atoms with E-state index in [2.05, 4.69) is 13.8 Å². The summed E-state index contributed by atoms with van der Waals surface area (Å²) in [5.74, 6) is -1.76. The zero-order valence-corrected chi connectivity index (χ0v) is 17.8. The van der Waals surface area contributed by atoms with Gasteiger partial charge in [-0.1, -0.05) is 104 Å². The third-order valence-corrected chi connectivity index (χ3v) is 4.61. The Morgan fingerprint density at radius 1 is 0.630 bits per heavy atom. The van der Waals surface area contributed by atoms with Crippen LogP contribution in [0.2, 0.25) is 0 Å². The lowest BCUT2D eigenvalue weighted by molar-refractivity contribution is -0.147. The van der Waals surface area contributed by atoms with E-state index in [1.807, 2.05) is 0 Å². The van der Waals surface area contributed by atoms with Crippen LogP contribution in [0.15, 0.2) is 0 Å². The number of carboxylic acid groups (broad SMARTS) is 2. The molecule has 0 rings (SSSR count). The van der Waals surface area contributed by atoms with Gasteiger partial charge in [-0.05, 0) is 12.8 Å². The standard InChI is InChI=1S/C12H24O2.C10H20O3/c1-2-3-4-5-6-7-8-9-10-11-12(13)14;1-2-3-4-5-6-7-8-9(11)10(12)13/h2-11H2,1H3,(H,13,14);9,11H,2-8H2,1H3,(H,12,13). The highest BCUT2D eigenvalue weighted by Crippen LogP contribution is 2.10. The van der Waals surface area contributed by atoms with Gasteiger partial charge >= 0.3 is 11.9 Å². The van der Waals surface area contributed by atoms with Crippen LogP contribution in [-0.2, 0) is 9.59 Å². The molecule has 5 heteroatoms. The van der Waals surface area contributed by atoms with E-state index < -0.39 is 18.0 Å². The Balaban J connectivity index is 0. The molecule has 0 aliphatic rings. The van der Waals surface area contributed by atoms with E-state index in [1.54, 1.807) is 0 Å². The van der Waals surface area contributed by atoms with E-state index >= 15 is 0 Å². The van der Waals surface area contributed by atoms with Crippen LogP contribution in [0, 0.1) is 0 Å². The Morgan fingerprint density at radius 3 is 1.37 bits per heavy atom. The second-order valence-corrected chi connectivity index (χ2v) is 7.38. The topological polar surface area (TPSA) is 94.8 Å². The van der Waals surface area contributed by atoms with Gasteiger partial charge in [0.1, 0.15) is 0 Å². The quantitative estimate of drug-likeness (QED) is 0.244. The minimum absolute atomic E-state index is 0.343. The third kappa shape index (κ3) is 27.2. The van der Waals surface area contributed by atoms with E-state index in [0.29, 0.717) is 12.8 Å². The molecule has 5 nitrogen and oxygen atoms in total. The molecule has 3 N–H and O–H groups in total. The van der Waals surface area contributed by atoms with Crippen LogP contribution >= 0.6 is 0 Å². The number of rotatable bonds is 18. The molecular weight excluding hydrogens is 344 g/mol. The molecule has 0 bridgehead atoms. The highest BCUT2D eigenvalue weighted by Gasteiger charge is 2.11. The van der Waals surface area contributed by atoms with Crippen molar-refractivity contribution in [3.05, 3.63) is 0 Å². The molecule has 0 amide bonds. The number of aliphatic hydroxyl groups excluding tert-OH is 1. The molecule has 0 aromatic heterocycles. The van der Waals surface area contributed by atoms with Crippen molar-refractivity contribution in [3.8, 4) is 0 Å². The minimum atomic E-state index is -1.16. The fourth-order valence-electron chi connectivity index (χ4n) is 2.83. The van der Waals surface area contributed by atoms with Gasteiger partial charge in [0.15, 0.2) is 6.10 Å². The second kappa shape index (κ2) is 22.9. The molecule has 0 aliphatic heterocycles. The first-order chi connectivity index (χ1) is 13.0. The van der Waals surface area contributed by atoms with Crippen molar-refractivity contribution in [2.75, 3.05) is 0 Å². The van der Waals surface area contributed by atoms with E-state index in [0.717, 1.165) is 32.1 Å². The van der Waals surface area contributed by atoms with Gasteiger partial charge in [0.25, 0.3) is 0 Å². The van der Waals surface area contributed by atoms with Crippen molar-refractivity contribution in [1.29, 1.82) is 0 Å². The molecule has 0 saturated carbocycles. The van der Waals surface area contributed by atoms with Gasteiger partial charge in [0.2, 0.25) is 0 Å². The van der Waals surface area contributed by atoms with Crippen LogP contribution in [0.4, 0.5) is 0 Å². The van der Waals surface area contributed by atoms with Gasteiger partial charge in [0.05, 0.1) is 0 Å². The van der Waals surface area contributed by atoms with Crippen molar-refractivity contribution in [1.82, 2.24) is 0 Å². The van der Waals surface area contributed by atoms with Crippen LogP contribution in [-0.4, -0.2) is 33.4 Å². The number of carboxylic acids is 2. The Bertz CT molecular complexity index is 331. The van der Waals surface area contributed by atoms with Gasteiger partial charge < -0.3 is 15.3 Å². The van der Waals surface area contributed by atoms with Crippen LogP contribution in [0.25, 0.3) is 0 Å². The predicted molar refractivity (Wildman–Crippen MR) is 111 cm³/mol. The zero-order valence-electron chi connectivity index (χ0n) is 17.8. The summed E-state index contributed by atoms with van der Waals surface area (Å²) in [6, 6.07) is 0. The number of hydrogen-bond donors (Lipinski definition) is 3. The molecule has 0 radical (unpaired) electrons. The average molecular weight is 389 g/mol. The molecule has 0 saturated heterocycles. The molecule has 1 atom stereocenters. The summed E-state index contributed by atoms with van der Waals surface area (Å²) in [5, 5.41) is 25.7. The normalized spacial score (nSPS) is 11.5. The maximum atomic E-state index is 10.2. The van der Waals surface area contributed by atoms with Gasteiger partial charge in [-0.2, -0.15) is 0 Å². The molecule has 0 aliphatic carbocycles. The number of unbranched alkanes of at least 4 members (excludes halogenated alkanes) is 13. The number of aliphatic hydroxyl groups is 1. The fraction of sp³-hybridized carbons (Fsp3) is 0.909. The first-order valence-electron chi connectivity index (χ1n) is 11.1. The SMILES string of the molecule is CCCCCCCCC(O)C(=O)O.CCCCCCCCCCCC(=O)O. The number of hydrogen-bond acceptors (Lipinski definition) is 3. The summed E-state index contributed by atoms with van der Waals surface area (Å²) >= 11 is 0. The van der Waals surface area contributed by atoms with Crippen LogP contribution in [0.5, 0.6) is 0 Å². The van der Waals surface area contributed by atoms with Gasteiger partial charge in [-0.15, -0.1) is 0 Å². The average Bonchev–Trinajstić information content (AvgIpc) is 2.63. The van der Waals surface area contributed by atoms with E-state index in [9.17, 15) is 9.59 Å². The molecule has 0 aromatic carbocycles. The van der Waals surface area contributed by atoms with Crippen LogP contribution < -0.4 is 0 Å². The predicted octanol–water partition coefficient (Wildman–Crippen LogP) is 6.17. The molecule has 0 heterocycles.